The van der Waals surface area contributed by atoms with Gasteiger partial charge in [-0.1, -0.05) is 44.5 Å². The molecule has 1 aromatic heterocycles. The topological polar surface area (TPSA) is 109 Å². The minimum absolute atomic E-state index is 0.0453. The lowest BCUT2D eigenvalue weighted by molar-refractivity contribution is -0.384. The molecule has 0 saturated heterocycles. The molecule has 0 saturated carbocycles. The van der Waals surface area contributed by atoms with Crippen molar-refractivity contribution in [1.29, 1.82) is 0 Å². The summed E-state index contributed by atoms with van der Waals surface area (Å²) in [7, 11) is 0. The minimum atomic E-state index is -0.558. The van der Waals surface area contributed by atoms with Crippen molar-refractivity contribution >= 4 is 28.9 Å². The van der Waals surface area contributed by atoms with Crippen LogP contribution in [0, 0.1) is 17.0 Å². The van der Waals surface area contributed by atoms with Gasteiger partial charge in [0, 0.05) is 23.4 Å². The van der Waals surface area contributed by atoms with E-state index in [-0.39, 0.29) is 35.0 Å². The summed E-state index contributed by atoms with van der Waals surface area (Å²) in [6.45, 7) is 8.34. The third-order valence-electron chi connectivity index (χ3n) is 5.68. The molecule has 0 fully saturated rings. The maximum absolute atomic E-state index is 12.8. The smallest absolute Gasteiger partial charge is 0.276 e. The Hall–Kier alpha value is -4.37. The molecule has 1 heterocycles. The van der Waals surface area contributed by atoms with Gasteiger partial charge in [0.05, 0.1) is 16.7 Å². The SMILES string of the molecule is Cc1cc(Cl)ccc1Oc1cc(NC(=O)c2ccn(COc3ccc(C(C)(C)C)cc3)n2)cc([N+](=O)[O-])c1. The lowest BCUT2D eigenvalue weighted by Crippen LogP contribution is -2.14. The van der Waals surface area contributed by atoms with Crippen LogP contribution in [0.1, 0.15) is 42.4 Å². The summed E-state index contributed by atoms with van der Waals surface area (Å²) in [5.41, 5.74) is 2.08. The highest BCUT2D eigenvalue weighted by Crippen LogP contribution is 2.32. The number of ether oxygens (including phenoxy) is 2. The van der Waals surface area contributed by atoms with Crippen LogP contribution in [-0.4, -0.2) is 20.6 Å². The van der Waals surface area contributed by atoms with Crippen molar-refractivity contribution in [2.75, 3.05) is 5.32 Å². The van der Waals surface area contributed by atoms with Crippen molar-refractivity contribution < 1.29 is 19.2 Å². The van der Waals surface area contributed by atoms with Crippen molar-refractivity contribution in [2.45, 2.75) is 39.8 Å². The molecular weight excluding hydrogens is 508 g/mol. The van der Waals surface area contributed by atoms with Crippen LogP contribution in [0.15, 0.2) is 72.9 Å². The Morgan fingerprint density at radius 3 is 2.45 bits per heavy atom. The lowest BCUT2D eigenvalue weighted by atomic mass is 9.87. The zero-order valence-electron chi connectivity index (χ0n) is 21.4. The number of carbonyl (C=O) groups is 1. The van der Waals surface area contributed by atoms with Gasteiger partial charge in [-0.3, -0.25) is 14.9 Å². The molecule has 4 aromatic rings. The zero-order chi connectivity index (χ0) is 27.4. The second kappa shape index (κ2) is 10.9. The number of nitro groups is 1. The third kappa shape index (κ3) is 6.68. The maximum Gasteiger partial charge on any atom is 0.276 e. The molecule has 3 aromatic carbocycles. The summed E-state index contributed by atoms with van der Waals surface area (Å²) in [4.78, 5) is 23.7. The fourth-order valence-corrected chi connectivity index (χ4v) is 3.84. The van der Waals surface area contributed by atoms with Gasteiger partial charge in [-0.2, -0.15) is 5.10 Å². The normalized spacial score (nSPS) is 11.2. The number of rotatable bonds is 8. The van der Waals surface area contributed by atoms with Gasteiger partial charge in [0.15, 0.2) is 12.4 Å². The van der Waals surface area contributed by atoms with Crippen LogP contribution in [0.4, 0.5) is 11.4 Å². The third-order valence-corrected chi connectivity index (χ3v) is 5.92. The molecule has 0 radical (unpaired) electrons. The number of anilines is 1. The monoisotopic (exact) mass is 534 g/mol. The second-order valence-corrected chi connectivity index (χ2v) is 10.2. The maximum atomic E-state index is 12.8. The zero-order valence-corrected chi connectivity index (χ0v) is 22.2. The molecule has 1 N–H and O–H groups in total. The molecule has 0 bridgehead atoms. The largest absolute Gasteiger partial charge is 0.471 e. The Labute approximate surface area is 225 Å². The number of aromatic nitrogens is 2. The van der Waals surface area contributed by atoms with Crippen LogP contribution in [0.25, 0.3) is 0 Å². The van der Waals surface area contributed by atoms with E-state index in [4.69, 9.17) is 21.1 Å². The molecule has 38 heavy (non-hydrogen) atoms. The number of hydrogen-bond acceptors (Lipinski definition) is 6. The van der Waals surface area contributed by atoms with Crippen molar-refractivity contribution in [3.05, 3.63) is 105 Å². The fourth-order valence-electron chi connectivity index (χ4n) is 3.62. The highest BCUT2D eigenvalue weighted by atomic mass is 35.5. The van der Waals surface area contributed by atoms with Gasteiger partial charge in [-0.15, -0.1) is 0 Å². The molecule has 0 aliphatic heterocycles. The summed E-state index contributed by atoms with van der Waals surface area (Å²) >= 11 is 5.99. The summed E-state index contributed by atoms with van der Waals surface area (Å²) in [6.07, 6.45) is 1.61. The first-order valence-electron chi connectivity index (χ1n) is 11.8. The molecular formula is C28H27ClN4O5. The molecule has 1 amide bonds. The number of amides is 1. The highest BCUT2D eigenvalue weighted by Gasteiger charge is 2.17. The van der Waals surface area contributed by atoms with E-state index in [0.29, 0.717) is 16.5 Å². The van der Waals surface area contributed by atoms with Crippen molar-refractivity contribution in [1.82, 2.24) is 9.78 Å². The molecule has 0 spiro atoms. The quantitative estimate of drug-likeness (QED) is 0.190. The number of nitro benzene ring substituents is 1. The van der Waals surface area contributed by atoms with E-state index in [2.05, 4.69) is 31.2 Å². The number of halogens is 1. The van der Waals surface area contributed by atoms with Crippen LogP contribution in [0.2, 0.25) is 5.02 Å². The van der Waals surface area contributed by atoms with Crippen LogP contribution < -0.4 is 14.8 Å². The average Bonchev–Trinajstić information content (AvgIpc) is 3.33. The summed E-state index contributed by atoms with van der Waals surface area (Å²) in [5, 5.41) is 18.9. The van der Waals surface area contributed by atoms with E-state index >= 15 is 0 Å². The van der Waals surface area contributed by atoms with Crippen LogP contribution in [0.5, 0.6) is 17.2 Å². The van der Waals surface area contributed by atoms with Crippen LogP contribution in [0.3, 0.4) is 0 Å². The highest BCUT2D eigenvalue weighted by molar-refractivity contribution is 6.30. The lowest BCUT2D eigenvalue weighted by Gasteiger charge is -2.19. The van der Waals surface area contributed by atoms with Gasteiger partial charge < -0.3 is 14.8 Å². The molecule has 0 unspecified atom stereocenters. The molecule has 0 aliphatic rings. The van der Waals surface area contributed by atoms with Crippen LogP contribution >= 0.6 is 11.6 Å². The molecule has 9 nitrogen and oxygen atoms in total. The predicted molar refractivity (Wildman–Crippen MR) is 145 cm³/mol. The average molecular weight is 535 g/mol. The molecule has 196 valence electrons. The minimum Gasteiger partial charge on any atom is -0.471 e. The standard InChI is InChI=1S/C28H27ClN4O5/c1-18-13-20(29)7-10-26(18)38-24-15-21(14-22(16-24)33(35)36)30-27(34)25-11-12-32(31-25)17-37-23-8-5-19(6-9-23)28(2,3)4/h5-16H,17H2,1-4H3,(H,30,34). The fraction of sp³-hybridized carbons (Fsp3) is 0.214. The van der Waals surface area contributed by atoms with E-state index < -0.39 is 10.8 Å². The van der Waals surface area contributed by atoms with E-state index in [1.807, 2.05) is 31.2 Å². The Bertz CT molecular complexity index is 1480. The molecule has 4 rings (SSSR count). The Morgan fingerprint density at radius 2 is 1.79 bits per heavy atom. The number of carbonyl (C=O) groups excluding carboxylic acids is 1. The molecule has 10 heteroatoms. The van der Waals surface area contributed by atoms with Gasteiger partial charge in [0.2, 0.25) is 0 Å². The second-order valence-electron chi connectivity index (χ2n) is 9.73. The van der Waals surface area contributed by atoms with Crippen LogP contribution in [-0.2, 0) is 12.1 Å². The van der Waals surface area contributed by atoms with E-state index in [0.717, 1.165) is 5.56 Å². The molecule has 0 aliphatic carbocycles. The number of nitrogens with one attached hydrogen (secondary N) is 1. The van der Waals surface area contributed by atoms with Crippen molar-refractivity contribution in [2.24, 2.45) is 0 Å². The van der Waals surface area contributed by atoms with Gasteiger partial charge in [-0.25, -0.2) is 4.68 Å². The predicted octanol–water partition coefficient (Wildman–Crippen LogP) is 7.13. The summed E-state index contributed by atoms with van der Waals surface area (Å²) < 4.78 is 13.1. The Kier molecular flexibility index (Phi) is 7.68. The first kappa shape index (κ1) is 26.7. The number of non-ortho nitro benzene ring substituents is 1. The van der Waals surface area contributed by atoms with Gasteiger partial charge in [0.1, 0.15) is 17.2 Å². The van der Waals surface area contributed by atoms with Crippen molar-refractivity contribution in [3.8, 4) is 17.2 Å². The number of aryl methyl sites for hydroxylation is 1. The Morgan fingerprint density at radius 1 is 1.05 bits per heavy atom. The van der Waals surface area contributed by atoms with Gasteiger partial charge in [0.25, 0.3) is 11.6 Å². The first-order chi connectivity index (χ1) is 18.0. The van der Waals surface area contributed by atoms with Gasteiger partial charge >= 0.3 is 0 Å². The van der Waals surface area contributed by atoms with E-state index in [9.17, 15) is 14.9 Å². The molecule has 0 atom stereocenters. The van der Waals surface area contributed by atoms with Crippen molar-refractivity contribution in [3.63, 3.8) is 0 Å². The summed E-state index contributed by atoms with van der Waals surface area (Å²) in [5.74, 6) is 0.822. The number of hydrogen-bond donors (Lipinski definition) is 1. The van der Waals surface area contributed by atoms with Gasteiger partial charge in [-0.05, 0) is 59.9 Å². The first-order valence-corrected chi connectivity index (χ1v) is 12.2. The Balaban J connectivity index is 1.44. The number of nitrogens with zero attached hydrogens (tertiary/aromatic N) is 3. The van der Waals surface area contributed by atoms with E-state index in [1.54, 1.807) is 24.4 Å². The summed E-state index contributed by atoms with van der Waals surface area (Å²) in [6, 6.07) is 18.4. The number of benzene rings is 3. The van der Waals surface area contributed by atoms with E-state index in [1.165, 1.54) is 34.5 Å².